The summed E-state index contributed by atoms with van der Waals surface area (Å²) in [5, 5.41) is 3.25. The van der Waals surface area contributed by atoms with E-state index in [0.29, 0.717) is 27.8 Å². The molecule has 1 heterocycles. The normalized spacial score (nSPS) is 12.2. The first kappa shape index (κ1) is 26.2. The van der Waals surface area contributed by atoms with E-state index in [4.69, 9.17) is 22.9 Å². The van der Waals surface area contributed by atoms with E-state index in [9.17, 15) is 18.9 Å². The molecular formula is C24H26NO9P. The quantitative estimate of drug-likeness (QED) is 0.252. The summed E-state index contributed by atoms with van der Waals surface area (Å²) in [6.45, 7) is 0. The van der Waals surface area contributed by atoms with Crippen molar-refractivity contribution in [3.8, 4) is 5.75 Å². The molecule has 0 radical (unpaired) electrons. The third-order valence-electron chi connectivity index (χ3n) is 5.40. The highest BCUT2D eigenvalue weighted by atomic mass is 31.2. The highest BCUT2D eigenvalue weighted by Gasteiger charge is 2.25. The lowest BCUT2D eigenvalue weighted by atomic mass is 10.0. The fraction of sp³-hybridized carbons (Fsp3) is 0.292. The zero-order valence-corrected chi connectivity index (χ0v) is 20.6. The molecule has 3 rings (SSSR count). The highest BCUT2D eigenvalue weighted by Crippen LogP contribution is 2.49. The highest BCUT2D eigenvalue weighted by molar-refractivity contribution is 7.52. The summed E-state index contributed by atoms with van der Waals surface area (Å²) in [7, 11) is 2.05. The Hall–Kier alpha value is -3.46. The van der Waals surface area contributed by atoms with Crippen LogP contribution in [-0.4, -0.2) is 46.4 Å². The van der Waals surface area contributed by atoms with Gasteiger partial charge >= 0.3 is 19.2 Å². The molecule has 0 bridgehead atoms. The molecule has 1 atom stereocenters. The number of rotatable bonds is 10. The van der Waals surface area contributed by atoms with Gasteiger partial charge in [-0.05, 0) is 35.4 Å². The maximum atomic E-state index is 12.9. The molecule has 0 saturated carbocycles. The second kappa shape index (κ2) is 11.3. The molecule has 186 valence electrons. The van der Waals surface area contributed by atoms with Crippen molar-refractivity contribution in [3.63, 3.8) is 0 Å². The van der Waals surface area contributed by atoms with E-state index in [-0.39, 0.29) is 18.1 Å². The van der Waals surface area contributed by atoms with Crippen molar-refractivity contribution < 1.29 is 37.1 Å². The van der Waals surface area contributed by atoms with Crippen molar-refractivity contribution in [2.75, 3.05) is 28.4 Å². The number of benzene rings is 2. The van der Waals surface area contributed by atoms with Gasteiger partial charge in [0.2, 0.25) is 0 Å². The van der Waals surface area contributed by atoms with Gasteiger partial charge in [-0.25, -0.2) is 9.59 Å². The van der Waals surface area contributed by atoms with Crippen LogP contribution in [0.25, 0.3) is 11.0 Å². The number of hydrogen-bond acceptors (Lipinski definition) is 9. The summed E-state index contributed by atoms with van der Waals surface area (Å²) in [6.07, 6.45) is 0.0386. The molecule has 1 aromatic heterocycles. The molecule has 0 saturated heterocycles. The summed E-state index contributed by atoms with van der Waals surface area (Å²) in [6, 6.07) is 11.5. The minimum Gasteiger partial charge on any atom is -0.497 e. The minimum atomic E-state index is -3.25. The van der Waals surface area contributed by atoms with Crippen LogP contribution < -0.4 is 15.7 Å². The molecule has 1 amide bonds. The fourth-order valence-corrected chi connectivity index (χ4v) is 4.56. The average Bonchev–Trinajstić information content (AvgIpc) is 2.87. The number of fused-ring (bicyclic) bond motifs is 1. The van der Waals surface area contributed by atoms with Crippen LogP contribution in [0.4, 0.5) is 0 Å². The van der Waals surface area contributed by atoms with E-state index >= 15 is 0 Å². The lowest BCUT2D eigenvalue weighted by molar-refractivity contribution is -0.142. The van der Waals surface area contributed by atoms with Crippen LogP contribution in [0.5, 0.6) is 5.75 Å². The zero-order chi connectivity index (χ0) is 25.6. The van der Waals surface area contributed by atoms with E-state index in [1.807, 2.05) is 0 Å². The number of nitrogens with one attached hydrogen (secondary N) is 1. The molecule has 0 fully saturated rings. The minimum absolute atomic E-state index is 0.00418. The zero-order valence-electron chi connectivity index (χ0n) is 19.7. The van der Waals surface area contributed by atoms with Crippen molar-refractivity contribution in [2.45, 2.75) is 18.6 Å². The van der Waals surface area contributed by atoms with Crippen LogP contribution in [0, 0.1) is 0 Å². The SMILES string of the molecule is COC(=O)[C@H](Cc1cc(=O)oc2cc(OC)ccc12)NC(=O)c1ccc(CP(=O)(OC)OC)cc1. The molecule has 3 aromatic rings. The Morgan fingerprint density at radius 2 is 1.69 bits per heavy atom. The molecule has 0 aliphatic heterocycles. The number of esters is 1. The van der Waals surface area contributed by atoms with Gasteiger partial charge in [-0.3, -0.25) is 9.36 Å². The van der Waals surface area contributed by atoms with Crippen molar-refractivity contribution >= 4 is 30.4 Å². The number of ether oxygens (including phenoxy) is 2. The summed E-state index contributed by atoms with van der Waals surface area (Å²) < 4.78 is 37.5. The molecule has 0 unspecified atom stereocenters. The summed E-state index contributed by atoms with van der Waals surface area (Å²) in [5.41, 5.74) is 1.11. The summed E-state index contributed by atoms with van der Waals surface area (Å²) in [5.74, 6) is -0.694. The number of amides is 1. The molecule has 11 heteroatoms. The van der Waals surface area contributed by atoms with Crippen LogP contribution >= 0.6 is 7.60 Å². The first-order valence-corrected chi connectivity index (χ1v) is 12.2. The first-order chi connectivity index (χ1) is 16.7. The van der Waals surface area contributed by atoms with Crippen LogP contribution in [0.2, 0.25) is 0 Å². The number of carbonyl (C=O) groups is 2. The van der Waals surface area contributed by atoms with E-state index in [1.54, 1.807) is 30.3 Å². The van der Waals surface area contributed by atoms with Gasteiger partial charge in [-0.1, -0.05) is 12.1 Å². The average molecular weight is 503 g/mol. The fourth-order valence-electron chi connectivity index (χ4n) is 3.49. The molecule has 10 nitrogen and oxygen atoms in total. The Kier molecular flexibility index (Phi) is 8.45. The maximum absolute atomic E-state index is 12.9. The first-order valence-electron chi connectivity index (χ1n) is 10.5. The second-order valence-electron chi connectivity index (χ2n) is 7.54. The predicted octanol–water partition coefficient (Wildman–Crippen LogP) is 3.30. The molecule has 1 N–H and O–H groups in total. The molecule has 35 heavy (non-hydrogen) atoms. The Labute approximate surface area is 201 Å². The van der Waals surface area contributed by atoms with Gasteiger partial charge < -0.3 is 28.3 Å². The van der Waals surface area contributed by atoms with Crippen LogP contribution in [0.15, 0.2) is 57.7 Å². The van der Waals surface area contributed by atoms with Crippen molar-refractivity contribution in [2.24, 2.45) is 0 Å². The Morgan fingerprint density at radius 1 is 1.00 bits per heavy atom. The van der Waals surface area contributed by atoms with Gasteiger partial charge in [-0.2, -0.15) is 0 Å². The number of carbonyl (C=O) groups excluding carboxylic acids is 2. The van der Waals surface area contributed by atoms with Gasteiger partial charge in [0.25, 0.3) is 5.91 Å². The van der Waals surface area contributed by atoms with Crippen molar-refractivity contribution in [3.05, 3.63) is 75.6 Å². The van der Waals surface area contributed by atoms with Crippen molar-refractivity contribution in [1.29, 1.82) is 0 Å². The number of hydrogen-bond donors (Lipinski definition) is 1. The summed E-state index contributed by atoms with van der Waals surface area (Å²) >= 11 is 0. The number of methoxy groups -OCH3 is 2. The second-order valence-corrected chi connectivity index (χ2v) is 9.81. The third-order valence-corrected chi connectivity index (χ3v) is 7.27. The van der Waals surface area contributed by atoms with Crippen LogP contribution in [-0.2, 0) is 35.7 Å². The molecule has 2 aromatic carbocycles. The molecular weight excluding hydrogens is 477 g/mol. The van der Waals surface area contributed by atoms with E-state index in [0.717, 1.165) is 0 Å². The van der Waals surface area contributed by atoms with Gasteiger partial charge in [0, 0.05) is 43.7 Å². The van der Waals surface area contributed by atoms with Crippen molar-refractivity contribution in [1.82, 2.24) is 5.32 Å². The largest absolute Gasteiger partial charge is 0.497 e. The topological polar surface area (TPSA) is 130 Å². The van der Waals surface area contributed by atoms with Gasteiger partial charge in [-0.15, -0.1) is 0 Å². The predicted molar refractivity (Wildman–Crippen MR) is 128 cm³/mol. The Morgan fingerprint density at radius 3 is 2.29 bits per heavy atom. The monoisotopic (exact) mass is 503 g/mol. The Balaban J connectivity index is 1.83. The smallest absolute Gasteiger partial charge is 0.336 e. The molecule has 0 aliphatic rings. The van der Waals surface area contributed by atoms with Crippen LogP contribution in [0.1, 0.15) is 21.5 Å². The lowest BCUT2D eigenvalue weighted by Gasteiger charge is -2.18. The molecule has 0 spiro atoms. The van der Waals surface area contributed by atoms with Gasteiger partial charge in [0.05, 0.1) is 20.4 Å². The Bertz CT molecular complexity index is 1310. The van der Waals surface area contributed by atoms with Crippen LogP contribution in [0.3, 0.4) is 0 Å². The van der Waals surface area contributed by atoms with E-state index < -0.39 is 31.1 Å². The van der Waals surface area contributed by atoms with Gasteiger partial charge in [0.1, 0.15) is 17.4 Å². The van der Waals surface area contributed by atoms with Gasteiger partial charge in [0.15, 0.2) is 0 Å². The lowest BCUT2D eigenvalue weighted by Crippen LogP contribution is -2.43. The van der Waals surface area contributed by atoms with E-state index in [1.165, 1.54) is 46.6 Å². The third kappa shape index (κ3) is 6.36. The standard InChI is InChI=1S/C24H26NO9P/c1-30-18-9-10-19-17(12-22(26)34-21(19)13-18)11-20(24(28)31-2)25-23(27)16-7-5-15(6-8-16)14-35(29,32-3)33-4/h5-10,12-13,20H,11,14H2,1-4H3,(H,25,27)/t20-/m0/s1. The maximum Gasteiger partial charge on any atom is 0.336 e. The summed E-state index contributed by atoms with van der Waals surface area (Å²) in [4.78, 5) is 37.4. The van der Waals surface area contributed by atoms with E-state index in [2.05, 4.69) is 5.32 Å². The molecule has 0 aliphatic carbocycles.